The average Bonchev–Trinajstić information content (AvgIpc) is 3.28. The third-order valence-electron chi connectivity index (χ3n) is 19.7. The van der Waals surface area contributed by atoms with Crippen LogP contribution in [-0.4, -0.2) is 0 Å². The molecular weight excluding hydrogens is 1060 g/mol. The summed E-state index contributed by atoms with van der Waals surface area (Å²) in [5, 5.41) is 11.1. The Bertz CT molecular complexity index is 5080. The second kappa shape index (κ2) is 17.9. The maximum absolute atomic E-state index is 6.93. The molecule has 15 aromatic rings. The Balaban J connectivity index is 0.749. The lowest BCUT2D eigenvalue weighted by Gasteiger charge is -2.29. The summed E-state index contributed by atoms with van der Waals surface area (Å²) in [5.74, 6) is 0. The maximum Gasteiger partial charge on any atom is 0.137 e. The fourth-order valence-electron chi connectivity index (χ4n) is 14.8. The average molecular weight is 1130 g/mol. The van der Waals surface area contributed by atoms with Gasteiger partial charge in [0.15, 0.2) is 0 Å². The summed E-state index contributed by atoms with van der Waals surface area (Å²) >= 11 is 0. The minimum absolute atomic E-state index is 0.0203. The van der Waals surface area contributed by atoms with E-state index in [0.29, 0.717) is 0 Å². The zero-order chi connectivity index (χ0) is 59.2. The molecule has 422 valence electrons. The molecule has 0 unspecified atom stereocenters. The van der Waals surface area contributed by atoms with Gasteiger partial charge in [-0.2, -0.15) is 0 Å². The first kappa shape index (κ1) is 51.6. The van der Waals surface area contributed by atoms with Crippen LogP contribution in [0.15, 0.2) is 232 Å². The van der Waals surface area contributed by atoms with E-state index in [1.807, 2.05) is 0 Å². The predicted molar refractivity (Wildman–Crippen MR) is 365 cm³/mol. The fourth-order valence-corrected chi connectivity index (χ4v) is 14.8. The van der Waals surface area contributed by atoms with E-state index in [1.54, 1.807) is 0 Å². The monoisotopic (exact) mass is 1130 g/mol. The number of hydrogen-bond acceptors (Lipinski definition) is 5. The van der Waals surface area contributed by atoms with Crippen LogP contribution in [0, 0.1) is 0 Å². The summed E-state index contributed by atoms with van der Waals surface area (Å²) in [7, 11) is 0. The lowest BCUT2D eigenvalue weighted by molar-refractivity contribution is 0.590. The van der Waals surface area contributed by atoms with Gasteiger partial charge in [0, 0.05) is 89.4 Å². The van der Waals surface area contributed by atoms with Crippen molar-refractivity contribution in [2.45, 2.75) is 90.9 Å². The molecule has 0 spiro atoms. The SMILES string of the molecule is CC(C)(C)c1ccc(N(c2ccc3c(c2)C(C)(C)c2cc4ccccc4cc2-3)c2ccc3c(c2)oc2cc4c(cc23)oc2cc3c(cc24)oc2cc(N(c4ccc(C(C)(C)C)cc4)c4ccc5c(c4)C(C)(C)c4cc6ccccc6cc4-5)ccc23)cc1. The molecule has 5 nitrogen and oxygen atoms in total. The second-order valence-corrected chi connectivity index (χ2v) is 27.8. The standard InChI is InChI=1S/C82H66N2O3/c1-79(2,3)51-19-23-53(24-20-51)83(55-27-31-59-63-35-47-15-11-13-17-49(47)37-69(63)81(7,8)71(59)39-55)57-29-33-61-65-43-77-67(45-75(65)85-73(61)41-57)68-46-76-66(44-78(68)87-77)62-34-30-58(42-74(62)86-76)84(54-25-21-52(22-26-54)80(4,5)6)56-28-32-60-64-36-48-16-12-14-18-50(48)38-70(64)82(9,10)72(60)40-56/h11-46H,1-10H3. The molecule has 3 heterocycles. The van der Waals surface area contributed by atoms with Gasteiger partial charge in [0.25, 0.3) is 0 Å². The highest BCUT2D eigenvalue weighted by atomic mass is 16.3. The van der Waals surface area contributed by atoms with Gasteiger partial charge >= 0.3 is 0 Å². The van der Waals surface area contributed by atoms with Gasteiger partial charge in [0.2, 0.25) is 0 Å². The van der Waals surface area contributed by atoms with Gasteiger partial charge < -0.3 is 23.1 Å². The maximum atomic E-state index is 6.93. The van der Waals surface area contributed by atoms with Gasteiger partial charge in [0.1, 0.15) is 33.5 Å². The molecule has 2 aliphatic carbocycles. The molecule has 0 radical (unpaired) electrons. The van der Waals surface area contributed by atoms with E-state index in [4.69, 9.17) is 13.3 Å². The van der Waals surface area contributed by atoms with Crippen molar-refractivity contribution in [1.29, 1.82) is 0 Å². The Labute approximate surface area is 506 Å². The van der Waals surface area contributed by atoms with Crippen molar-refractivity contribution in [2.75, 3.05) is 9.80 Å². The molecule has 5 heteroatoms. The number of benzene rings is 12. The van der Waals surface area contributed by atoms with Crippen molar-refractivity contribution in [2.24, 2.45) is 0 Å². The van der Waals surface area contributed by atoms with Crippen LogP contribution in [0.1, 0.15) is 103 Å². The summed E-state index contributed by atoms with van der Waals surface area (Å²) in [6.45, 7) is 23.1. The zero-order valence-electron chi connectivity index (χ0n) is 50.9. The molecule has 3 aromatic heterocycles. The highest BCUT2D eigenvalue weighted by molar-refractivity contribution is 6.19. The van der Waals surface area contributed by atoms with Crippen molar-refractivity contribution in [3.63, 3.8) is 0 Å². The molecule has 17 rings (SSSR count). The van der Waals surface area contributed by atoms with Crippen LogP contribution >= 0.6 is 0 Å². The highest BCUT2D eigenvalue weighted by Crippen LogP contribution is 2.55. The van der Waals surface area contributed by atoms with Gasteiger partial charge in [0.05, 0.1) is 0 Å². The molecule has 0 aliphatic heterocycles. The van der Waals surface area contributed by atoms with E-state index in [-0.39, 0.29) is 21.7 Å². The third-order valence-corrected chi connectivity index (χ3v) is 19.7. The number of rotatable bonds is 6. The minimum Gasteiger partial charge on any atom is -0.456 e. The summed E-state index contributed by atoms with van der Waals surface area (Å²) in [6.07, 6.45) is 0. The summed E-state index contributed by atoms with van der Waals surface area (Å²) in [6, 6.07) is 81.1. The van der Waals surface area contributed by atoms with Crippen molar-refractivity contribution in [3.8, 4) is 22.3 Å². The summed E-state index contributed by atoms with van der Waals surface area (Å²) in [4.78, 5) is 4.76. The Kier molecular flexibility index (Phi) is 10.6. The van der Waals surface area contributed by atoms with Crippen LogP contribution in [-0.2, 0) is 21.7 Å². The fraction of sp³-hybridized carbons (Fsp3) is 0.171. The van der Waals surface area contributed by atoms with E-state index in [2.05, 4.69) is 297 Å². The molecule has 0 saturated heterocycles. The Morgan fingerprint density at radius 1 is 0.264 bits per heavy atom. The normalized spacial score (nSPS) is 14.3. The number of fused-ring (bicyclic) bond motifs is 17. The van der Waals surface area contributed by atoms with Gasteiger partial charge in [-0.3, -0.25) is 0 Å². The van der Waals surface area contributed by atoms with Crippen LogP contribution in [0.2, 0.25) is 0 Å². The third kappa shape index (κ3) is 7.77. The first-order chi connectivity index (χ1) is 41.8. The Morgan fingerprint density at radius 3 is 0.908 bits per heavy atom. The van der Waals surface area contributed by atoms with Gasteiger partial charge in [-0.15, -0.1) is 0 Å². The molecule has 0 bridgehead atoms. The largest absolute Gasteiger partial charge is 0.456 e. The van der Waals surface area contributed by atoms with Crippen molar-refractivity contribution < 1.29 is 13.3 Å². The van der Waals surface area contributed by atoms with E-state index >= 15 is 0 Å². The Hall–Kier alpha value is -9.84. The lowest BCUT2D eigenvalue weighted by atomic mass is 9.81. The van der Waals surface area contributed by atoms with E-state index in [0.717, 1.165) is 99.9 Å². The van der Waals surface area contributed by atoms with Crippen molar-refractivity contribution >= 4 is 121 Å². The molecule has 0 atom stereocenters. The van der Waals surface area contributed by atoms with E-state index in [9.17, 15) is 0 Å². The summed E-state index contributed by atoms with van der Waals surface area (Å²) < 4.78 is 20.7. The van der Waals surface area contributed by atoms with Gasteiger partial charge in [-0.1, -0.05) is 154 Å². The minimum atomic E-state index is -0.190. The highest BCUT2D eigenvalue weighted by Gasteiger charge is 2.38. The molecule has 0 amide bonds. The van der Waals surface area contributed by atoms with Crippen LogP contribution in [0.4, 0.5) is 34.1 Å². The van der Waals surface area contributed by atoms with E-state index < -0.39 is 0 Å². The Morgan fingerprint density at radius 2 is 0.552 bits per heavy atom. The topological polar surface area (TPSA) is 45.9 Å². The molecule has 0 N–H and O–H groups in total. The van der Waals surface area contributed by atoms with Gasteiger partial charge in [-0.25, -0.2) is 0 Å². The molecule has 0 saturated carbocycles. The number of anilines is 6. The first-order valence-corrected chi connectivity index (χ1v) is 30.7. The quantitative estimate of drug-likeness (QED) is 0.166. The molecular formula is C82H66N2O3. The summed E-state index contributed by atoms with van der Waals surface area (Å²) in [5.41, 5.74) is 24.1. The van der Waals surface area contributed by atoms with Crippen LogP contribution in [0.3, 0.4) is 0 Å². The van der Waals surface area contributed by atoms with Crippen LogP contribution < -0.4 is 9.80 Å². The molecule has 2 aliphatic rings. The van der Waals surface area contributed by atoms with Crippen molar-refractivity contribution in [1.82, 2.24) is 0 Å². The lowest BCUT2D eigenvalue weighted by Crippen LogP contribution is -2.17. The van der Waals surface area contributed by atoms with E-state index in [1.165, 1.54) is 77.2 Å². The van der Waals surface area contributed by atoms with Crippen LogP contribution in [0.5, 0.6) is 0 Å². The first-order valence-electron chi connectivity index (χ1n) is 30.7. The van der Waals surface area contributed by atoms with Crippen LogP contribution in [0.25, 0.3) is 110 Å². The van der Waals surface area contributed by atoms with Gasteiger partial charge in [-0.05, 0) is 209 Å². The number of furan rings is 3. The molecule has 12 aromatic carbocycles. The van der Waals surface area contributed by atoms with Crippen molar-refractivity contribution in [3.05, 3.63) is 252 Å². The zero-order valence-corrected chi connectivity index (χ0v) is 50.9. The predicted octanol–water partition coefficient (Wildman–Crippen LogP) is 23.8. The molecule has 87 heavy (non-hydrogen) atoms. The smallest absolute Gasteiger partial charge is 0.137 e. The second-order valence-electron chi connectivity index (χ2n) is 27.8. The number of hydrogen-bond donors (Lipinski definition) is 0. The number of nitrogens with zero attached hydrogens (tertiary/aromatic N) is 2. The molecule has 0 fully saturated rings.